The van der Waals surface area contributed by atoms with Crippen LogP contribution >= 0.6 is 0 Å². The Labute approximate surface area is 227 Å². The summed E-state index contributed by atoms with van der Waals surface area (Å²) in [4.78, 5) is 30.5. The molecule has 0 spiro atoms. The van der Waals surface area contributed by atoms with E-state index >= 15 is 0 Å². The van der Waals surface area contributed by atoms with E-state index in [0.29, 0.717) is 5.75 Å². The van der Waals surface area contributed by atoms with Crippen LogP contribution in [0.4, 0.5) is 8.78 Å². The van der Waals surface area contributed by atoms with Crippen LogP contribution in [0, 0.1) is 11.6 Å². The molecule has 0 bridgehead atoms. The standard InChI is InChI=1S/C28H25F2N5O5/c1-38-19-7-4-17(5-8-19)15-24(28(27(31)37)39-13-14-40-28)33-26(36)21-3-2-11-32-25(21)35-12-10-23(34-35)20-9-6-18(29)16-22(20)30/h2-12,16,24H,13-15H2,1H3,(H2,31,37)(H,33,36). The topological polar surface area (TPSA) is 131 Å². The van der Waals surface area contributed by atoms with E-state index in [0.717, 1.165) is 17.7 Å². The lowest BCUT2D eigenvalue weighted by atomic mass is 9.97. The van der Waals surface area contributed by atoms with Crippen LogP contribution in [0.25, 0.3) is 17.1 Å². The molecule has 206 valence electrons. The molecule has 0 saturated carbocycles. The van der Waals surface area contributed by atoms with Gasteiger partial charge in [-0.15, -0.1) is 0 Å². The number of pyridine rings is 1. The number of nitrogens with zero attached hydrogens (tertiary/aromatic N) is 3. The Kier molecular flexibility index (Phi) is 7.54. The molecule has 12 heteroatoms. The maximum absolute atomic E-state index is 14.3. The molecule has 4 aromatic rings. The fourth-order valence-electron chi connectivity index (χ4n) is 4.50. The third-order valence-corrected chi connectivity index (χ3v) is 6.47. The van der Waals surface area contributed by atoms with Crippen molar-refractivity contribution in [2.24, 2.45) is 5.73 Å². The molecule has 1 aliphatic rings. The van der Waals surface area contributed by atoms with Crippen molar-refractivity contribution in [3.05, 3.63) is 95.8 Å². The zero-order valence-corrected chi connectivity index (χ0v) is 21.3. The molecule has 5 rings (SSSR count). The summed E-state index contributed by atoms with van der Waals surface area (Å²) in [5, 5.41) is 7.18. The molecule has 10 nitrogen and oxygen atoms in total. The highest BCUT2D eigenvalue weighted by atomic mass is 19.1. The fraction of sp³-hybridized carbons (Fsp3) is 0.214. The summed E-state index contributed by atoms with van der Waals surface area (Å²) in [5.74, 6) is -4.09. The van der Waals surface area contributed by atoms with E-state index in [1.165, 1.54) is 35.3 Å². The maximum Gasteiger partial charge on any atom is 0.280 e. The summed E-state index contributed by atoms with van der Waals surface area (Å²) in [7, 11) is 1.55. The van der Waals surface area contributed by atoms with Gasteiger partial charge in [-0.1, -0.05) is 12.1 Å². The average Bonchev–Trinajstić information content (AvgIpc) is 3.64. The van der Waals surface area contributed by atoms with Crippen molar-refractivity contribution in [2.75, 3.05) is 20.3 Å². The second-order valence-corrected chi connectivity index (χ2v) is 8.95. The molecule has 1 unspecified atom stereocenters. The van der Waals surface area contributed by atoms with E-state index in [9.17, 15) is 18.4 Å². The molecular weight excluding hydrogens is 524 g/mol. The summed E-state index contributed by atoms with van der Waals surface area (Å²) < 4.78 is 45.6. The quantitative estimate of drug-likeness (QED) is 0.328. The monoisotopic (exact) mass is 549 g/mol. The molecule has 1 atom stereocenters. The molecule has 0 aliphatic carbocycles. The van der Waals surface area contributed by atoms with Crippen LogP contribution in [0.1, 0.15) is 15.9 Å². The van der Waals surface area contributed by atoms with Gasteiger partial charge >= 0.3 is 0 Å². The Bertz CT molecular complexity index is 1540. The summed E-state index contributed by atoms with van der Waals surface area (Å²) in [5.41, 5.74) is 6.87. The Hall–Kier alpha value is -4.68. The van der Waals surface area contributed by atoms with Crippen molar-refractivity contribution in [1.29, 1.82) is 0 Å². The Morgan fingerprint density at radius 1 is 1.12 bits per heavy atom. The first-order valence-corrected chi connectivity index (χ1v) is 12.3. The highest BCUT2D eigenvalue weighted by Gasteiger charge is 2.51. The van der Waals surface area contributed by atoms with Gasteiger partial charge in [0.2, 0.25) is 0 Å². The molecule has 2 amide bonds. The third-order valence-electron chi connectivity index (χ3n) is 6.47. The molecule has 1 aliphatic heterocycles. The van der Waals surface area contributed by atoms with Crippen LogP contribution in [0.15, 0.2) is 73.1 Å². The zero-order chi connectivity index (χ0) is 28.3. The lowest BCUT2D eigenvalue weighted by Gasteiger charge is -2.33. The van der Waals surface area contributed by atoms with E-state index in [1.54, 1.807) is 37.4 Å². The van der Waals surface area contributed by atoms with Crippen LogP contribution < -0.4 is 15.8 Å². The Balaban J connectivity index is 1.46. The number of rotatable bonds is 9. The average molecular weight is 550 g/mol. The number of hydrogen-bond donors (Lipinski definition) is 2. The van der Waals surface area contributed by atoms with E-state index < -0.39 is 35.3 Å². The highest BCUT2D eigenvalue weighted by molar-refractivity contribution is 5.98. The van der Waals surface area contributed by atoms with E-state index in [4.69, 9.17) is 19.9 Å². The minimum atomic E-state index is -1.89. The smallest absolute Gasteiger partial charge is 0.280 e. The molecule has 1 saturated heterocycles. The molecule has 3 N–H and O–H groups in total. The van der Waals surface area contributed by atoms with Crippen molar-refractivity contribution in [3.63, 3.8) is 0 Å². The summed E-state index contributed by atoms with van der Waals surface area (Å²) in [6.07, 6.45) is 3.11. The first kappa shape index (κ1) is 26.9. The number of halogens is 2. The molecule has 40 heavy (non-hydrogen) atoms. The number of hydrogen-bond acceptors (Lipinski definition) is 7. The fourth-order valence-corrected chi connectivity index (χ4v) is 4.50. The summed E-state index contributed by atoms with van der Waals surface area (Å²) >= 11 is 0. The second kappa shape index (κ2) is 11.2. The van der Waals surface area contributed by atoms with Gasteiger partial charge in [0.1, 0.15) is 17.4 Å². The van der Waals surface area contributed by atoms with Crippen molar-refractivity contribution < 1.29 is 32.6 Å². The normalized spacial score (nSPS) is 15.0. The lowest BCUT2D eigenvalue weighted by molar-refractivity contribution is -0.189. The number of carbonyl (C=O) groups is 2. The van der Waals surface area contributed by atoms with Crippen molar-refractivity contribution in [3.8, 4) is 22.8 Å². The van der Waals surface area contributed by atoms with E-state index in [1.807, 2.05) is 0 Å². The second-order valence-electron chi connectivity index (χ2n) is 8.95. The molecule has 2 aromatic heterocycles. The van der Waals surface area contributed by atoms with E-state index in [2.05, 4.69) is 15.4 Å². The van der Waals surface area contributed by atoms with Crippen LogP contribution in [-0.4, -0.2) is 58.7 Å². The van der Waals surface area contributed by atoms with Gasteiger partial charge in [-0.2, -0.15) is 5.10 Å². The van der Waals surface area contributed by atoms with Gasteiger partial charge in [0.25, 0.3) is 17.6 Å². The van der Waals surface area contributed by atoms with Gasteiger partial charge in [0.05, 0.1) is 37.6 Å². The third kappa shape index (κ3) is 5.26. The number of ether oxygens (including phenoxy) is 3. The minimum absolute atomic E-state index is 0.0839. The molecule has 2 aromatic carbocycles. The van der Waals surface area contributed by atoms with Crippen molar-refractivity contribution >= 4 is 11.8 Å². The molecule has 0 radical (unpaired) electrons. The first-order chi connectivity index (χ1) is 19.3. The van der Waals surface area contributed by atoms with Crippen molar-refractivity contribution in [1.82, 2.24) is 20.1 Å². The van der Waals surface area contributed by atoms with Crippen LogP contribution in [0.5, 0.6) is 5.75 Å². The summed E-state index contributed by atoms with van der Waals surface area (Å²) in [6.45, 7) is 0.234. The Morgan fingerprint density at radius 3 is 2.55 bits per heavy atom. The Morgan fingerprint density at radius 2 is 1.88 bits per heavy atom. The number of benzene rings is 2. The summed E-state index contributed by atoms with van der Waals surface area (Å²) in [6, 6.07) is 13.8. The highest BCUT2D eigenvalue weighted by Crippen LogP contribution is 2.28. The van der Waals surface area contributed by atoms with Gasteiger partial charge in [-0.25, -0.2) is 18.4 Å². The molecular formula is C28H25F2N5O5. The van der Waals surface area contributed by atoms with Gasteiger partial charge in [-0.3, -0.25) is 9.59 Å². The van der Waals surface area contributed by atoms with Gasteiger partial charge < -0.3 is 25.3 Å². The lowest BCUT2D eigenvalue weighted by Crippen LogP contribution is -2.61. The number of nitrogens with two attached hydrogens (primary N) is 1. The number of primary amides is 1. The van der Waals surface area contributed by atoms with E-state index in [-0.39, 0.29) is 42.3 Å². The predicted octanol–water partition coefficient (Wildman–Crippen LogP) is 2.79. The number of carbonyl (C=O) groups excluding carboxylic acids is 2. The minimum Gasteiger partial charge on any atom is -0.497 e. The predicted molar refractivity (Wildman–Crippen MR) is 138 cm³/mol. The van der Waals surface area contributed by atoms with Crippen LogP contribution in [0.3, 0.4) is 0 Å². The zero-order valence-electron chi connectivity index (χ0n) is 21.3. The number of amides is 2. The number of aromatic nitrogens is 3. The van der Waals surface area contributed by atoms with Crippen LogP contribution in [-0.2, 0) is 20.7 Å². The molecule has 3 heterocycles. The number of methoxy groups -OCH3 is 1. The van der Waals surface area contributed by atoms with Gasteiger partial charge in [-0.05, 0) is 54.4 Å². The van der Waals surface area contributed by atoms with Crippen LogP contribution in [0.2, 0.25) is 0 Å². The number of nitrogens with one attached hydrogen (secondary N) is 1. The van der Waals surface area contributed by atoms with Gasteiger partial charge in [0.15, 0.2) is 5.82 Å². The van der Waals surface area contributed by atoms with Gasteiger partial charge in [0, 0.05) is 24.0 Å². The molecule has 1 fully saturated rings. The maximum atomic E-state index is 14.3. The largest absolute Gasteiger partial charge is 0.497 e. The SMILES string of the molecule is COc1ccc(CC(NC(=O)c2cccnc2-n2ccc(-c3ccc(F)cc3F)n2)C2(C(N)=O)OCCO2)cc1. The van der Waals surface area contributed by atoms with Crippen molar-refractivity contribution in [2.45, 2.75) is 18.2 Å². The first-order valence-electron chi connectivity index (χ1n) is 12.3.